The molecule has 2 aromatic heterocycles. The molecule has 5 aromatic rings. The van der Waals surface area contributed by atoms with Gasteiger partial charge in [0, 0.05) is 0 Å². The molecule has 1 aliphatic rings. The van der Waals surface area contributed by atoms with E-state index in [2.05, 4.69) is 20.8 Å². The van der Waals surface area contributed by atoms with E-state index in [0.717, 1.165) is 15.8 Å². The maximum Gasteiger partial charge on any atom is 0.407 e. The van der Waals surface area contributed by atoms with Gasteiger partial charge in [-0.1, -0.05) is 42.5 Å². The van der Waals surface area contributed by atoms with Crippen LogP contribution in [0, 0.1) is 0 Å². The van der Waals surface area contributed by atoms with Crippen LogP contribution in [0.15, 0.2) is 104 Å². The third kappa shape index (κ3) is 6.64. The van der Waals surface area contributed by atoms with Crippen LogP contribution in [-0.4, -0.2) is 41.6 Å². The molecular weight excluding hydrogens is 615 g/mol. The molecule has 0 spiro atoms. The molecule has 3 heterocycles. The lowest BCUT2D eigenvalue weighted by molar-refractivity contribution is -0.121. The molecule has 11 nitrogen and oxygen atoms in total. The molecule has 6 rings (SSSR count). The van der Waals surface area contributed by atoms with E-state index in [9.17, 15) is 19.2 Å². The van der Waals surface area contributed by atoms with Gasteiger partial charge in [0.1, 0.15) is 5.76 Å². The van der Waals surface area contributed by atoms with Gasteiger partial charge in [-0.2, -0.15) is 5.10 Å². The molecule has 1 atom stereocenters. The van der Waals surface area contributed by atoms with Gasteiger partial charge in [0.25, 0.3) is 11.8 Å². The SMILES string of the molecule is CCOC(=O)N[C@H](CC(=O)N/N=C\c1ccc(Sc2nc3ccc(N4C(=O)c5ccccc5C4=O)cc3s2)o1)c1ccccc1. The van der Waals surface area contributed by atoms with Crippen molar-refractivity contribution in [2.75, 3.05) is 11.5 Å². The smallest absolute Gasteiger partial charge is 0.407 e. The topological polar surface area (TPSA) is 143 Å². The number of hydrogen-bond acceptors (Lipinski definition) is 10. The van der Waals surface area contributed by atoms with Crippen molar-refractivity contribution in [2.45, 2.75) is 28.8 Å². The Kier molecular flexibility index (Phi) is 8.71. The summed E-state index contributed by atoms with van der Waals surface area (Å²) in [4.78, 5) is 56.2. The number of alkyl carbamates (subject to hydrolysis) is 1. The highest BCUT2D eigenvalue weighted by Gasteiger charge is 2.36. The standard InChI is InChI=1S/C32H25N5O6S2/c1-2-42-31(41)34-25(19-8-4-3-5-9-19)17-27(38)36-33-18-21-13-15-28(43-21)45-32-35-24-14-12-20(16-26(24)44-32)37-29(39)22-10-6-7-11-23(22)30(37)40/h3-16,18,25H,2,17H2,1H3,(H,34,41)(H,36,38)/b33-18-/t25-/m1/s1. The van der Waals surface area contributed by atoms with Crippen molar-refractivity contribution in [2.24, 2.45) is 5.10 Å². The molecule has 4 amide bonds. The van der Waals surface area contributed by atoms with Gasteiger partial charge >= 0.3 is 6.09 Å². The molecule has 45 heavy (non-hydrogen) atoms. The highest BCUT2D eigenvalue weighted by Crippen LogP contribution is 2.37. The minimum atomic E-state index is -0.611. The Morgan fingerprint density at radius 3 is 2.49 bits per heavy atom. The van der Waals surface area contributed by atoms with Crippen LogP contribution in [0.3, 0.4) is 0 Å². The number of furan rings is 1. The fourth-order valence-corrected chi connectivity index (χ4v) is 6.70. The zero-order valence-corrected chi connectivity index (χ0v) is 25.4. The first-order valence-electron chi connectivity index (χ1n) is 13.9. The van der Waals surface area contributed by atoms with Crippen LogP contribution in [0.1, 0.15) is 51.4 Å². The maximum atomic E-state index is 12.9. The Labute approximate surface area is 265 Å². The van der Waals surface area contributed by atoms with Crippen LogP contribution in [0.5, 0.6) is 0 Å². The van der Waals surface area contributed by atoms with Crippen molar-refractivity contribution >= 4 is 69.0 Å². The number of ether oxygens (including phenoxy) is 1. The predicted octanol–water partition coefficient (Wildman–Crippen LogP) is 6.17. The van der Waals surface area contributed by atoms with Gasteiger partial charge in [-0.3, -0.25) is 14.4 Å². The van der Waals surface area contributed by atoms with Crippen molar-refractivity contribution < 1.29 is 28.3 Å². The van der Waals surface area contributed by atoms with Crippen LogP contribution in [0.25, 0.3) is 10.2 Å². The lowest BCUT2D eigenvalue weighted by Crippen LogP contribution is -2.33. The predicted molar refractivity (Wildman–Crippen MR) is 170 cm³/mol. The summed E-state index contributed by atoms with van der Waals surface area (Å²) in [6.45, 7) is 1.92. The summed E-state index contributed by atoms with van der Waals surface area (Å²) in [5, 5.41) is 7.25. The lowest BCUT2D eigenvalue weighted by atomic mass is 10.0. The molecule has 3 aromatic carbocycles. The molecule has 0 saturated heterocycles. The number of amides is 4. The van der Waals surface area contributed by atoms with E-state index in [1.165, 1.54) is 34.2 Å². The minimum absolute atomic E-state index is 0.0498. The first-order chi connectivity index (χ1) is 21.9. The number of anilines is 1. The van der Waals surface area contributed by atoms with Gasteiger partial charge in [-0.25, -0.2) is 20.1 Å². The third-order valence-corrected chi connectivity index (χ3v) is 8.73. The van der Waals surface area contributed by atoms with E-state index in [4.69, 9.17) is 9.15 Å². The first kappa shape index (κ1) is 29.8. The molecule has 1 aliphatic heterocycles. The van der Waals surface area contributed by atoms with Gasteiger partial charge in [0.2, 0.25) is 5.91 Å². The second kappa shape index (κ2) is 13.2. The lowest BCUT2D eigenvalue weighted by Gasteiger charge is -2.17. The van der Waals surface area contributed by atoms with Gasteiger partial charge in [0.15, 0.2) is 9.43 Å². The molecular formula is C32H25N5O6S2. The van der Waals surface area contributed by atoms with Crippen molar-refractivity contribution in [3.8, 4) is 0 Å². The molecule has 0 unspecified atom stereocenters. The summed E-state index contributed by atoms with van der Waals surface area (Å²) in [6.07, 6.45) is 0.719. The summed E-state index contributed by atoms with van der Waals surface area (Å²) >= 11 is 2.72. The quantitative estimate of drug-likeness (QED) is 0.105. The second-order valence-corrected chi connectivity index (χ2v) is 12.0. The number of carbonyl (C=O) groups excluding carboxylic acids is 4. The number of hydrazone groups is 1. The monoisotopic (exact) mass is 639 g/mol. The van der Waals surface area contributed by atoms with E-state index < -0.39 is 18.0 Å². The summed E-state index contributed by atoms with van der Waals surface area (Å²) in [7, 11) is 0. The third-order valence-electron chi connectivity index (χ3n) is 6.73. The molecule has 0 radical (unpaired) electrons. The highest BCUT2D eigenvalue weighted by atomic mass is 32.2. The summed E-state index contributed by atoms with van der Waals surface area (Å²) < 4.78 is 12.3. The van der Waals surface area contributed by atoms with Gasteiger partial charge in [-0.05, 0) is 66.7 Å². The van der Waals surface area contributed by atoms with E-state index in [1.807, 2.05) is 30.3 Å². The normalized spacial score (nSPS) is 13.3. The summed E-state index contributed by atoms with van der Waals surface area (Å²) in [5.41, 5.74) is 5.21. The maximum absolute atomic E-state index is 12.9. The fourth-order valence-electron chi connectivity index (χ4n) is 4.69. The van der Waals surface area contributed by atoms with Crippen molar-refractivity contribution in [1.82, 2.24) is 15.7 Å². The Bertz CT molecular complexity index is 1900. The molecule has 0 bridgehead atoms. The van der Waals surface area contributed by atoms with Crippen LogP contribution in [0.4, 0.5) is 10.5 Å². The van der Waals surface area contributed by atoms with Crippen molar-refractivity contribution in [3.05, 3.63) is 107 Å². The average molecular weight is 640 g/mol. The van der Waals surface area contributed by atoms with Gasteiger partial charge in [-0.15, -0.1) is 11.3 Å². The Morgan fingerprint density at radius 2 is 1.76 bits per heavy atom. The van der Waals surface area contributed by atoms with E-state index >= 15 is 0 Å². The number of hydrogen-bond donors (Lipinski definition) is 2. The number of nitrogens with zero attached hydrogens (tertiary/aromatic N) is 3. The number of rotatable bonds is 10. The molecule has 0 fully saturated rings. The minimum Gasteiger partial charge on any atom is -0.450 e. The number of nitrogens with one attached hydrogen (secondary N) is 2. The van der Waals surface area contributed by atoms with E-state index in [1.54, 1.807) is 61.5 Å². The van der Waals surface area contributed by atoms with Gasteiger partial charge in [0.05, 0.1) is 52.3 Å². The first-order valence-corrected chi connectivity index (χ1v) is 15.5. The van der Waals surface area contributed by atoms with Crippen LogP contribution < -0.4 is 15.6 Å². The number of thiazole rings is 1. The highest BCUT2D eigenvalue weighted by molar-refractivity contribution is 8.01. The Morgan fingerprint density at radius 1 is 1.02 bits per heavy atom. The van der Waals surface area contributed by atoms with E-state index in [0.29, 0.717) is 32.0 Å². The van der Waals surface area contributed by atoms with Gasteiger partial charge < -0.3 is 14.5 Å². The number of aromatic nitrogens is 1. The average Bonchev–Trinajstić information content (AvgIpc) is 3.73. The number of benzene rings is 3. The largest absolute Gasteiger partial charge is 0.450 e. The Hall–Kier alpha value is -5.27. The summed E-state index contributed by atoms with van der Waals surface area (Å²) in [5.74, 6) is -0.692. The summed E-state index contributed by atoms with van der Waals surface area (Å²) in [6, 6.07) is 24.0. The fraction of sp³-hybridized carbons (Fsp3) is 0.125. The number of imide groups is 1. The number of carbonyl (C=O) groups is 4. The molecule has 2 N–H and O–H groups in total. The zero-order valence-electron chi connectivity index (χ0n) is 23.8. The molecule has 0 saturated carbocycles. The molecule has 226 valence electrons. The van der Waals surface area contributed by atoms with Crippen molar-refractivity contribution in [1.29, 1.82) is 0 Å². The van der Waals surface area contributed by atoms with Crippen LogP contribution >= 0.6 is 23.1 Å². The zero-order chi connectivity index (χ0) is 31.3. The Balaban J connectivity index is 1.07. The van der Waals surface area contributed by atoms with Crippen LogP contribution in [0.2, 0.25) is 0 Å². The van der Waals surface area contributed by atoms with Crippen LogP contribution in [-0.2, 0) is 9.53 Å². The van der Waals surface area contributed by atoms with E-state index in [-0.39, 0.29) is 24.8 Å². The number of fused-ring (bicyclic) bond motifs is 2. The van der Waals surface area contributed by atoms with Crippen molar-refractivity contribution in [3.63, 3.8) is 0 Å². The molecule has 13 heteroatoms. The second-order valence-electron chi connectivity index (χ2n) is 9.71. The molecule has 0 aliphatic carbocycles.